The van der Waals surface area contributed by atoms with Crippen LogP contribution in [0.5, 0.6) is 0 Å². The molecular weight excluding hydrogens is 815 g/mol. The Morgan fingerprint density at radius 1 is 0.531 bits per heavy atom. The highest BCUT2D eigenvalue weighted by atomic mass is 16.5. The molecule has 4 heterocycles. The SMILES string of the molecule is CNC(=O)Nc1ccc(C(=O)Nc2cccnc2C(=O)NCC2CCOCC2)c2ccccc12.Nc1ccc(C(=O)Nc2cccnc2C(=O)NCC2CCOCC2)c2ccccc12. The number of nitrogen functional groups attached to an aromatic ring is 1. The Balaban J connectivity index is 0.000000193. The van der Waals surface area contributed by atoms with Crippen LogP contribution in [0.1, 0.15) is 67.4 Å². The van der Waals surface area contributed by atoms with Crippen molar-refractivity contribution in [2.45, 2.75) is 25.7 Å². The van der Waals surface area contributed by atoms with Crippen LogP contribution in [0, 0.1) is 11.8 Å². The largest absolute Gasteiger partial charge is 0.398 e. The number of nitrogens with two attached hydrogens (primary N) is 1. The molecule has 0 unspecified atom stereocenters. The lowest BCUT2D eigenvalue weighted by Crippen LogP contribution is -2.33. The molecule has 0 saturated carbocycles. The molecule has 2 aliphatic heterocycles. The molecule has 4 aromatic carbocycles. The summed E-state index contributed by atoms with van der Waals surface area (Å²) in [4.78, 5) is 71.9. The van der Waals surface area contributed by atoms with Crippen LogP contribution in [0.4, 0.5) is 27.5 Å². The van der Waals surface area contributed by atoms with Crippen LogP contribution >= 0.6 is 0 Å². The van der Waals surface area contributed by atoms with Gasteiger partial charge in [-0.05, 0) is 96.8 Å². The van der Waals surface area contributed by atoms with E-state index in [0.29, 0.717) is 77.4 Å². The number of hydrogen-bond acceptors (Lipinski definition) is 10. The van der Waals surface area contributed by atoms with Crippen LogP contribution in [-0.4, -0.2) is 86.2 Å². The number of nitrogens with one attached hydrogen (secondary N) is 6. The lowest BCUT2D eigenvalue weighted by Gasteiger charge is -2.22. The number of anilines is 4. The van der Waals surface area contributed by atoms with E-state index in [9.17, 15) is 24.0 Å². The summed E-state index contributed by atoms with van der Waals surface area (Å²) in [6, 6.07) is 27.8. The fourth-order valence-electron chi connectivity index (χ4n) is 7.61. The Morgan fingerprint density at radius 3 is 1.48 bits per heavy atom. The lowest BCUT2D eigenvalue weighted by molar-refractivity contribution is 0.0642. The van der Waals surface area contributed by atoms with Gasteiger partial charge in [0.25, 0.3) is 23.6 Å². The predicted octanol–water partition coefficient (Wildman–Crippen LogP) is 6.62. The normalized spacial score (nSPS) is 14.1. The number of benzene rings is 4. The number of rotatable bonds is 11. The second kappa shape index (κ2) is 21.6. The Labute approximate surface area is 370 Å². The van der Waals surface area contributed by atoms with E-state index in [-0.39, 0.29) is 41.0 Å². The van der Waals surface area contributed by atoms with Gasteiger partial charge in [-0.25, -0.2) is 14.8 Å². The predicted molar refractivity (Wildman–Crippen MR) is 247 cm³/mol. The van der Waals surface area contributed by atoms with Crippen molar-refractivity contribution < 1.29 is 33.4 Å². The number of amides is 6. The number of carbonyl (C=O) groups is 5. The highest BCUT2D eigenvalue weighted by Crippen LogP contribution is 2.29. The fraction of sp³-hybridized carbons (Fsp3) is 0.271. The van der Waals surface area contributed by atoms with Crippen molar-refractivity contribution in [1.82, 2.24) is 25.9 Å². The van der Waals surface area contributed by atoms with Crippen molar-refractivity contribution in [3.05, 3.63) is 132 Å². The van der Waals surface area contributed by atoms with Crippen LogP contribution in [-0.2, 0) is 9.47 Å². The van der Waals surface area contributed by atoms with Crippen molar-refractivity contribution in [1.29, 1.82) is 0 Å². The first-order valence-electron chi connectivity index (χ1n) is 21.2. The molecule has 0 aliphatic carbocycles. The molecule has 2 saturated heterocycles. The summed E-state index contributed by atoms with van der Waals surface area (Å²) in [6.45, 7) is 3.96. The van der Waals surface area contributed by atoms with E-state index in [0.717, 1.165) is 55.1 Å². The number of nitrogens with zero attached hydrogens (tertiary/aromatic N) is 2. The minimum Gasteiger partial charge on any atom is -0.398 e. The Hall–Kier alpha value is -7.43. The maximum Gasteiger partial charge on any atom is 0.318 e. The molecule has 64 heavy (non-hydrogen) atoms. The van der Waals surface area contributed by atoms with Gasteiger partial charge in [0.1, 0.15) is 0 Å². The number of ether oxygens (including phenoxy) is 2. The van der Waals surface area contributed by atoms with Crippen LogP contribution in [0.3, 0.4) is 0 Å². The maximum absolute atomic E-state index is 13.2. The zero-order valence-corrected chi connectivity index (χ0v) is 35.4. The molecule has 16 heteroatoms. The molecule has 6 amide bonds. The number of hydrogen-bond donors (Lipinski definition) is 7. The summed E-state index contributed by atoms with van der Waals surface area (Å²) in [6.07, 6.45) is 6.73. The monoisotopic (exact) mass is 865 g/mol. The van der Waals surface area contributed by atoms with E-state index in [4.69, 9.17) is 15.2 Å². The van der Waals surface area contributed by atoms with E-state index in [2.05, 4.69) is 41.9 Å². The summed E-state index contributed by atoms with van der Waals surface area (Å²) in [5, 5.41) is 19.8. The first-order valence-corrected chi connectivity index (χ1v) is 21.2. The minimum atomic E-state index is -0.380. The highest BCUT2D eigenvalue weighted by Gasteiger charge is 2.22. The molecule has 0 radical (unpaired) electrons. The van der Waals surface area contributed by atoms with E-state index in [1.54, 1.807) is 48.5 Å². The second-order valence-electron chi connectivity index (χ2n) is 15.4. The first kappa shape index (κ1) is 44.6. The van der Waals surface area contributed by atoms with Gasteiger partial charge in [0.05, 0.1) is 17.1 Å². The number of urea groups is 1. The number of carbonyl (C=O) groups excluding carboxylic acids is 5. The Morgan fingerprint density at radius 2 is 0.984 bits per heavy atom. The van der Waals surface area contributed by atoms with Gasteiger partial charge < -0.3 is 47.1 Å². The van der Waals surface area contributed by atoms with Crippen molar-refractivity contribution in [3.8, 4) is 0 Å². The quantitative estimate of drug-likeness (QED) is 0.0689. The zero-order chi connectivity index (χ0) is 44.8. The summed E-state index contributed by atoms with van der Waals surface area (Å²) < 4.78 is 10.7. The van der Waals surface area contributed by atoms with E-state index in [1.807, 2.05) is 48.5 Å². The summed E-state index contributed by atoms with van der Waals surface area (Å²) in [5.41, 5.74) is 9.17. The van der Waals surface area contributed by atoms with Crippen LogP contribution in [0.15, 0.2) is 109 Å². The summed E-state index contributed by atoms with van der Waals surface area (Å²) in [5.74, 6) is -0.581. The Bertz CT molecular complexity index is 2640. The minimum absolute atomic E-state index is 0.158. The highest BCUT2D eigenvalue weighted by molar-refractivity contribution is 6.18. The molecule has 2 aliphatic rings. The van der Waals surface area contributed by atoms with E-state index < -0.39 is 0 Å². The standard InChI is InChI=1S/C25H27N5O4.C23H24N4O3/c1-26-25(33)30-20-9-8-19(17-5-2-3-6-18(17)20)23(31)29-21-7-4-12-27-22(21)24(32)28-15-16-10-13-34-14-11-16;24-19-8-7-18(16-4-1-2-5-17(16)19)22(28)27-20-6-3-11-25-21(20)23(29)26-14-15-9-12-30-13-10-15/h2-9,12,16H,10-11,13-15H2,1H3,(H,28,32)(H,29,31)(H2,26,30,33);1-8,11,15H,9-10,12-14,24H2,(H,26,29)(H,27,28). The molecule has 8 N–H and O–H groups in total. The molecular formula is C48H51N9O7. The third kappa shape index (κ3) is 11.1. The molecule has 16 nitrogen and oxygen atoms in total. The number of aromatic nitrogens is 2. The second-order valence-corrected chi connectivity index (χ2v) is 15.4. The molecule has 8 rings (SSSR count). The van der Waals surface area contributed by atoms with Crippen LogP contribution in [0.2, 0.25) is 0 Å². The van der Waals surface area contributed by atoms with Crippen LogP contribution < -0.4 is 37.6 Å². The molecule has 0 atom stereocenters. The Kier molecular flexibility index (Phi) is 15.0. The molecule has 2 aromatic heterocycles. The van der Waals surface area contributed by atoms with Crippen molar-refractivity contribution in [3.63, 3.8) is 0 Å². The summed E-state index contributed by atoms with van der Waals surface area (Å²) in [7, 11) is 1.53. The molecule has 6 aromatic rings. The van der Waals surface area contributed by atoms with Gasteiger partial charge in [0.15, 0.2) is 11.4 Å². The van der Waals surface area contributed by atoms with Crippen molar-refractivity contribution in [2.75, 3.05) is 68.2 Å². The lowest BCUT2D eigenvalue weighted by atomic mass is 10.0. The van der Waals surface area contributed by atoms with Crippen molar-refractivity contribution >= 4 is 74.0 Å². The number of fused-ring (bicyclic) bond motifs is 2. The molecule has 330 valence electrons. The fourth-order valence-corrected chi connectivity index (χ4v) is 7.61. The van der Waals surface area contributed by atoms with Gasteiger partial charge in [0, 0.05) is 86.5 Å². The van der Waals surface area contributed by atoms with Gasteiger partial charge in [-0.15, -0.1) is 0 Å². The van der Waals surface area contributed by atoms with E-state index in [1.165, 1.54) is 19.4 Å². The average molecular weight is 866 g/mol. The van der Waals surface area contributed by atoms with Crippen molar-refractivity contribution in [2.24, 2.45) is 11.8 Å². The molecule has 0 spiro atoms. The van der Waals surface area contributed by atoms with Gasteiger partial charge in [-0.3, -0.25) is 19.2 Å². The first-order chi connectivity index (χ1) is 31.2. The van der Waals surface area contributed by atoms with Gasteiger partial charge >= 0.3 is 6.03 Å². The molecule has 0 bridgehead atoms. The third-order valence-electron chi connectivity index (χ3n) is 11.2. The van der Waals surface area contributed by atoms with Gasteiger partial charge in [-0.2, -0.15) is 0 Å². The third-order valence-corrected chi connectivity index (χ3v) is 11.2. The van der Waals surface area contributed by atoms with Gasteiger partial charge in [-0.1, -0.05) is 48.5 Å². The average Bonchev–Trinajstić information content (AvgIpc) is 3.34. The van der Waals surface area contributed by atoms with Crippen LogP contribution in [0.25, 0.3) is 21.5 Å². The van der Waals surface area contributed by atoms with Gasteiger partial charge in [0.2, 0.25) is 0 Å². The maximum atomic E-state index is 13.2. The van der Waals surface area contributed by atoms with E-state index >= 15 is 0 Å². The smallest absolute Gasteiger partial charge is 0.318 e. The molecule has 2 fully saturated rings. The topological polar surface area (TPSA) is 228 Å². The summed E-state index contributed by atoms with van der Waals surface area (Å²) >= 11 is 0. The zero-order valence-electron chi connectivity index (χ0n) is 35.4. The number of pyridine rings is 2.